The molecule has 4 aromatic carbocycles. The minimum atomic E-state index is -1.11. The Morgan fingerprint density at radius 3 is 1.42 bits per heavy atom. The van der Waals surface area contributed by atoms with Gasteiger partial charge in [0.15, 0.2) is 25.1 Å². The van der Waals surface area contributed by atoms with Crippen LogP contribution in [0, 0.1) is 52.8 Å². The van der Waals surface area contributed by atoms with Crippen molar-refractivity contribution in [2.24, 2.45) is 35.1 Å². The number of methoxy groups -OCH3 is 4. The predicted molar refractivity (Wildman–Crippen MR) is 352 cm³/mol. The van der Waals surface area contributed by atoms with Crippen molar-refractivity contribution in [1.82, 2.24) is 28.9 Å². The quantitative estimate of drug-likeness (QED) is 0.0307. The second-order valence-corrected chi connectivity index (χ2v) is 26.9. The van der Waals surface area contributed by atoms with E-state index in [9.17, 15) is 33.2 Å². The molecular weight excluding hydrogens is 1280 g/mol. The summed E-state index contributed by atoms with van der Waals surface area (Å²) in [4.78, 5) is 98.2. The zero-order valence-corrected chi connectivity index (χ0v) is 57.1. The number of carbonyl (C=O) groups is 6. The number of anilines is 2. The molecule has 27 heteroatoms. The van der Waals surface area contributed by atoms with Crippen LogP contribution < -0.4 is 21.3 Å². The number of carbonyl (C=O) groups excluding carboxylic acids is 6. The topological polar surface area (TPSA) is 258 Å². The van der Waals surface area contributed by atoms with E-state index in [4.69, 9.17) is 49.9 Å². The highest BCUT2D eigenvalue weighted by Gasteiger charge is 2.45. The number of benzene rings is 4. The molecule has 98 heavy (non-hydrogen) atoms. The first-order chi connectivity index (χ1) is 46.8. The highest BCUT2D eigenvalue weighted by molar-refractivity contribution is 5.87. The largest absolute Gasteiger partial charge is 0.469 e. The van der Waals surface area contributed by atoms with Crippen LogP contribution in [-0.4, -0.2) is 144 Å². The number of aromatic nitrogens is 4. The summed E-state index contributed by atoms with van der Waals surface area (Å²) < 4.78 is 120. The number of hydrogen-bond acceptors (Lipinski definition) is 18. The number of esters is 4. The average molecular weight is 1370 g/mol. The molecule has 22 nitrogen and oxygen atoms in total. The lowest BCUT2D eigenvalue weighted by molar-refractivity contribution is -0.151. The Kier molecular flexibility index (Phi) is 22.8. The van der Waals surface area contributed by atoms with Crippen molar-refractivity contribution in [1.29, 1.82) is 0 Å². The highest BCUT2D eigenvalue weighted by atomic mass is 19.1. The normalized spacial score (nSPS) is 20.3. The first-order valence-corrected chi connectivity index (χ1v) is 33.6. The standard InChI is InChI=1S/C71H89F5N10O12/c1-37(2)63(77)70(91)97-35-84-59-30-48(49(73)33-54(59)80-67(84)58-14-12-24-83(58)69(90)46(40(6)94-8)32-62(88)96-10)56-20-19-55(86(56)44-27-51(75)65(52(76)28-44)81-25-21-42(22-26-81)41-15-17-43(72)18-16-41)47-29-53-60(34-50(47)74)85(36-98-71(92)64(78)38(3)4)66(79-53)57-13-11-23-82(57)68(89)45(39(5)93-7)31-61(87)95-9/h15-18,27-30,33-34,37-40,42,45-46,55-58,63-64H,11-14,19-26,31-32,35-36,77-78H2,1-10H3/t39-,40-,45+,46+,55?,56-,57+,58+,63+,64+/m1/s1. The minimum Gasteiger partial charge on any atom is -0.469 e. The van der Waals surface area contributed by atoms with Gasteiger partial charge in [0, 0.05) is 69.3 Å². The maximum Gasteiger partial charge on any atom is 0.324 e. The highest BCUT2D eigenvalue weighted by Crippen LogP contribution is 2.51. The van der Waals surface area contributed by atoms with Gasteiger partial charge in [-0.15, -0.1) is 0 Å². The van der Waals surface area contributed by atoms with Gasteiger partial charge in [0.1, 0.15) is 46.9 Å². The summed E-state index contributed by atoms with van der Waals surface area (Å²) in [6.45, 7) is 10.3. The van der Waals surface area contributed by atoms with E-state index < -0.39 is 133 Å². The molecule has 4 saturated heterocycles. The average Bonchev–Trinajstić information content (AvgIpc) is 1.55. The van der Waals surface area contributed by atoms with Crippen LogP contribution in [0.25, 0.3) is 22.1 Å². The molecule has 0 bridgehead atoms. The van der Waals surface area contributed by atoms with E-state index in [-0.39, 0.29) is 132 Å². The molecule has 0 spiro atoms. The number of fused-ring (bicyclic) bond motifs is 2. The molecule has 4 N–H and O–H groups in total. The third-order valence-corrected chi connectivity index (χ3v) is 20.4. The monoisotopic (exact) mass is 1370 g/mol. The fourth-order valence-corrected chi connectivity index (χ4v) is 14.4. The van der Waals surface area contributed by atoms with Crippen molar-refractivity contribution in [3.63, 3.8) is 0 Å². The Morgan fingerprint density at radius 1 is 0.531 bits per heavy atom. The molecule has 4 aliphatic rings. The number of imidazole rings is 2. The van der Waals surface area contributed by atoms with Gasteiger partial charge in [0.2, 0.25) is 11.8 Å². The van der Waals surface area contributed by atoms with Crippen LogP contribution in [-0.2, 0) is 70.7 Å². The first-order valence-electron chi connectivity index (χ1n) is 33.6. The number of nitrogens with two attached hydrogens (primary N) is 2. The van der Waals surface area contributed by atoms with E-state index in [2.05, 4.69) is 0 Å². The lowest BCUT2D eigenvalue weighted by Crippen LogP contribution is -2.42. The molecular formula is C71H89F5N10O12. The smallest absolute Gasteiger partial charge is 0.324 e. The van der Waals surface area contributed by atoms with Gasteiger partial charge in [0.05, 0.1) is 97.3 Å². The number of piperidine rings is 1. The summed E-state index contributed by atoms with van der Waals surface area (Å²) in [6, 6.07) is 8.00. The third-order valence-electron chi connectivity index (χ3n) is 20.4. The fourth-order valence-electron chi connectivity index (χ4n) is 14.4. The van der Waals surface area contributed by atoms with Crippen molar-refractivity contribution in [3.8, 4) is 0 Å². The molecule has 0 radical (unpaired) electrons. The van der Waals surface area contributed by atoms with E-state index in [0.717, 1.165) is 17.7 Å². The maximum absolute atomic E-state index is 18.0. The number of nitrogens with zero attached hydrogens (tertiary/aromatic N) is 8. The zero-order valence-electron chi connectivity index (χ0n) is 57.1. The van der Waals surface area contributed by atoms with Crippen LogP contribution >= 0.6 is 0 Å². The van der Waals surface area contributed by atoms with E-state index in [0.29, 0.717) is 38.5 Å². The van der Waals surface area contributed by atoms with Crippen molar-refractivity contribution in [2.45, 2.75) is 174 Å². The van der Waals surface area contributed by atoms with Gasteiger partial charge >= 0.3 is 23.9 Å². The van der Waals surface area contributed by atoms with Crippen molar-refractivity contribution < 1.29 is 79.1 Å². The Morgan fingerprint density at radius 2 is 0.969 bits per heavy atom. The van der Waals surface area contributed by atoms with Gasteiger partial charge in [0.25, 0.3) is 0 Å². The number of ether oxygens (including phenoxy) is 6. The molecule has 530 valence electrons. The van der Waals surface area contributed by atoms with Gasteiger partial charge in [-0.25, -0.2) is 31.9 Å². The summed E-state index contributed by atoms with van der Waals surface area (Å²) >= 11 is 0. The number of rotatable bonds is 25. The van der Waals surface area contributed by atoms with Gasteiger partial charge < -0.3 is 59.5 Å². The summed E-state index contributed by atoms with van der Waals surface area (Å²) in [5.74, 6) is -9.65. The molecule has 4 aliphatic heterocycles. The van der Waals surface area contributed by atoms with Crippen LogP contribution in [0.2, 0.25) is 0 Å². The number of amides is 2. The van der Waals surface area contributed by atoms with Crippen LogP contribution in [0.15, 0.2) is 60.7 Å². The zero-order chi connectivity index (χ0) is 70.7. The number of hydrogen-bond donors (Lipinski definition) is 2. The summed E-state index contributed by atoms with van der Waals surface area (Å²) in [7, 11) is 5.28. The molecule has 1 unspecified atom stereocenters. The van der Waals surface area contributed by atoms with Crippen LogP contribution in [0.1, 0.15) is 164 Å². The van der Waals surface area contributed by atoms with Crippen molar-refractivity contribution in [3.05, 3.63) is 118 Å². The summed E-state index contributed by atoms with van der Waals surface area (Å²) in [6.07, 6.45) is 0.839. The van der Waals surface area contributed by atoms with Crippen molar-refractivity contribution in [2.75, 3.05) is 64.4 Å². The predicted octanol–water partition coefficient (Wildman–Crippen LogP) is 10.3. The molecule has 2 aromatic heterocycles. The SMILES string of the molecule is COC(=O)C[C@H](C(=O)N1CCC[C@H]1c1nc2cc(C3CC[C@H](c4cc5c(cc4F)nc([C@@H]4CCCN4C(=O)[C@@H](CC(=O)OC)[C@@H](C)OC)n5COC(=O)[C@@H](N)C(C)C)N3c3cc(F)c(N4CCC(c5ccc(F)cc5)CC4)c(F)c3)c(F)cc2n1COC(=O)[C@@H](N)C(C)C)[C@@H](C)OC. The molecule has 4 fully saturated rings. The molecule has 10 rings (SSSR count). The minimum absolute atomic E-state index is 0.00398. The van der Waals surface area contributed by atoms with E-state index in [1.54, 1.807) is 77.8 Å². The second-order valence-electron chi connectivity index (χ2n) is 26.9. The van der Waals surface area contributed by atoms with Crippen LogP contribution in [0.4, 0.5) is 33.3 Å². The van der Waals surface area contributed by atoms with E-state index >= 15 is 17.6 Å². The van der Waals surface area contributed by atoms with E-state index in [1.807, 2.05) is 0 Å². The Labute approximate surface area is 566 Å². The van der Waals surface area contributed by atoms with Gasteiger partial charge in [-0.3, -0.25) is 37.9 Å². The van der Waals surface area contributed by atoms with Crippen molar-refractivity contribution >= 4 is 69.1 Å². The van der Waals surface area contributed by atoms with Gasteiger partial charge in [-0.05, 0) is 125 Å². The number of likely N-dealkylation sites (tertiary alicyclic amines) is 2. The maximum atomic E-state index is 18.0. The molecule has 10 atom stereocenters. The third kappa shape index (κ3) is 14.9. The summed E-state index contributed by atoms with van der Waals surface area (Å²) in [5, 5.41) is 0. The molecule has 6 aromatic rings. The molecule has 0 aliphatic carbocycles. The Hall–Kier alpha value is -8.27. The summed E-state index contributed by atoms with van der Waals surface area (Å²) in [5.41, 5.74) is 13.7. The second kappa shape index (κ2) is 30.9. The first kappa shape index (κ1) is 72.5. The lowest BCUT2D eigenvalue weighted by atomic mass is 9.89. The molecule has 2 amide bonds. The Balaban J connectivity index is 1.10. The lowest BCUT2D eigenvalue weighted by Gasteiger charge is -2.36. The fraction of sp³-hybridized carbons (Fsp3) is 0.549. The molecule has 0 saturated carbocycles. The molecule has 6 heterocycles. The van der Waals surface area contributed by atoms with Crippen LogP contribution in [0.5, 0.6) is 0 Å². The van der Waals surface area contributed by atoms with Gasteiger partial charge in [-0.1, -0.05) is 39.8 Å². The Bertz CT molecular complexity index is 3890. The van der Waals surface area contributed by atoms with Gasteiger partial charge in [-0.2, -0.15) is 0 Å². The van der Waals surface area contributed by atoms with Crippen LogP contribution in [0.3, 0.4) is 0 Å². The number of halogens is 5. The van der Waals surface area contributed by atoms with E-state index in [1.165, 1.54) is 69.4 Å².